The second-order valence-electron chi connectivity index (χ2n) is 6.67. The van der Waals surface area contributed by atoms with Gasteiger partial charge >= 0.3 is 5.97 Å². The minimum Gasteiger partial charge on any atom is -0.469 e. The zero-order chi connectivity index (χ0) is 15.7. The van der Waals surface area contributed by atoms with Gasteiger partial charge in [0.15, 0.2) is 0 Å². The van der Waals surface area contributed by atoms with E-state index in [4.69, 9.17) is 10.5 Å². The Morgan fingerprint density at radius 2 is 2.18 bits per heavy atom. The lowest BCUT2D eigenvalue weighted by Gasteiger charge is -2.38. The highest BCUT2D eigenvalue weighted by atomic mass is 79.9. The Labute approximate surface area is 140 Å². The smallest absolute Gasteiger partial charge is 0.310 e. The van der Waals surface area contributed by atoms with Crippen LogP contribution in [0.1, 0.15) is 30.7 Å². The van der Waals surface area contributed by atoms with Crippen LogP contribution in [0, 0.1) is 23.2 Å². The topological polar surface area (TPSA) is 82.3 Å². The van der Waals surface area contributed by atoms with Crippen LogP contribution in [0.4, 0.5) is 0 Å². The van der Waals surface area contributed by atoms with Gasteiger partial charge in [-0.2, -0.15) is 0 Å². The SMILES string of the molecule is COC(=O)[C@@H]1[C@H]2CC[C@@H](C23CC3)[C@@]1(C(N)=O)c1ncc(Br)s1. The number of carbonyl (C=O) groups excluding carboxylic acids is 2. The van der Waals surface area contributed by atoms with Crippen molar-refractivity contribution in [2.75, 3.05) is 7.11 Å². The molecule has 1 amide bonds. The zero-order valence-corrected chi connectivity index (χ0v) is 14.6. The first-order valence-electron chi connectivity index (χ1n) is 7.48. The summed E-state index contributed by atoms with van der Waals surface area (Å²) in [6, 6.07) is 0. The lowest BCUT2D eigenvalue weighted by atomic mass is 9.65. The number of hydrogen-bond donors (Lipinski definition) is 1. The van der Waals surface area contributed by atoms with Crippen molar-refractivity contribution in [3.05, 3.63) is 15.0 Å². The van der Waals surface area contributed by atoms with Gasteiger partial charge in [0.2, 0.25) is 5.91 Å². The lowest BCUT2D eigenvalue weighted by Crippen LogP contribution is -2.54. The number of nitrogens with zero attached hydrogens (tertiary/aromatic N) is 1. The van der Waals surface area contributed by atoms with Crippen LogP contribution >= 0.6 is 27.3 Å². The number of ether oxygens (including phenoxy) is 1. The number of thiazole rings is 1. The molecule has 3 fully saturated rings. The van der Waals surface area contributed by atoms with E-state index in [9.17, 15) is 9.59 Å². The van der Waals surface area contributed by atoms with E-state index in [2.05, 4.69) is 20.9 Å². The summed E-state index contributed by atoms with van der Waals surface area (Å²) >= 11 is 4.82. The first kappa shape index (κ1) is 14.6. The van der Waals surface area contributed by atoms with E-state index in [1.807, 2.05) is 0 Å². The fourth-order valence-corrected chi connectivity index (χ4v) is 6.89. The number of methoxy groups -OCH3 is 1. The first-order chi connectivity index (χ1) is 10.5. The summed E-state index contributed by atoms with van der Waals surface area (Å²) in [6.45, 7) is 0. The lowest BCUT2D eigenvalue weighted by molar-refractivity contribution is -0.154. The van der Waals surface area contributed by atoms with Crippen LogP contribution in [-0.2, 0) is 19.7 Å². The van der Waals surface area contributed by atoms with E-state index in [1.165, 1.54) is 18.4 Å². The molecule has 0 aromatic carbocycles. The molecule has 3 saturated carbocycles. The van der Waals surface area contributed by atoms with Crippen molar-refractivity contribution in [2.24, 2.45) is 28.9 Å². The number of hydrogen-bond acceptors (Lipinski definition) is 5. The molecule has 0 radical (unpaired) electrons. The molecule has 1 aromatic rings. The Balaban J connectivity index is 1.95. The second-order valence-corrected chi connectivity index (χ2v) is 9.08. The standard InChI is InChI=1S/C15H17BrN2O3S/c1-21-11(19)10-7-2-3-8(14(7)4-5-14)15(10,12(17)20)13-18-6-9(16)22-13/h6-8,10H,2-5H2,1H3,(H2,17,20)/t7-,8+,10+,15-/m1/s1. The van der Waals surface area contributed by atoms with Gasteiger partial charge in [0, 0.05) is 0 Å². The maximum Gasteiger partial charge on any atom is 0.310 e. The van der Waals surface area contributed by atoms with Crippen molar-refractivity contribution < 1.29 is 14.3 Å². The minimum atomic E-state index is -0.997. The molecule has 7 heteroatoms. The number of nitrogens with two attached hydrogens (primary N) is 1. The van der Waals surface area contributed by atoms with Gasteiger partial charge in [-0.05, 0) is 58.9 Å². The van der Waals surface area contributed by atoms with Crippen LogP contribution in [0.5, 0.6) is 0 Å². The monoisotopic (exact) mass is 384 g/mol. The summed E-state index contributed by atoms with van der Waals surface area (Å²) in [4.78, 5) is 29.6. The van der Waals surface area contributed by atoms with Crippen LogP contribution in [0.2, 0.25) is 0 Å². The Morgan fingerprint density at radius 1 is 1.45 bits per heavy atom. The molecule has 4 atom stereocenters. The molecule has 118 valence electrons. The molecule has 0 aliphatic heterocycles. The van der Waals surface area contributed by atoms with Gasteiger partial charge in [-0.25, -0.2) is 4.98 Å². The molecule has 4 rings (SSSR count). The molecular formula is C15H17BrN2O3S. The molecule has 0 unspecified atom stereocenters. The first-order valence-corrected chi connectivity index (χ1v) is 9.09. The number of rotatable bonds is 3. The van der Waals surface area contributed by atoms with Crippen molar-refractivity contribution in [2.45, 2.75) is 31.1 Å². The van der Waals surface area contributed by atoms with Gasteiger partial charge in [0.05, 0.1) is 23.0 Å². The van der Waals surface area contributed by atoms with Crippen molar-refractivity contribution in [1.29, 1.82) is 0 Å². The van der Waals surface area contributed by atoms with Crippen LogP contribution < -0.4 is 5.73 Å². The molecule has 1 heterocycles. The Bertz CT molecular complexity index is 671. The van der Waals surface area contributed by atoms with Gasteiger partial charge in [0.1, 0.15) is 10.4 Å². The van der Waals surface area contributed by atoms with Crippen LogP contribution in [0.25, 0.3) is 0 Å². The largest absolute Gasteiger partial charge is 0.469 e. The van der Waals surface area contributed by atoms with E-state index >= 15 is 0 Å². The van der Waals surface area contributed by atoms with E-state index in [1.54, 1.807) is 6.20 Å². The molecule has 2 N–H and O–H groups in total. The van der Waals surface area contributed by atoms with Crippen molar-refractivity contribution in [3.8, 4) is 0 Å². The minimum absolute atomic E-state index is 0.103. The summed E-state index contributed by atoms with van der Waals surface area (Å²) in [7, 11) is 1.39. The van der Waals surface area contributed by atoms with Crippen LogP contribution in [-0.4, -0.2) is 24.0 Å². The molecule has 5 nitrogen and oxygen atoms in total. The Kier molecular flexibility index (Phi) is 3.02. The van der Waals surface area contributed by atoms with E-state index in [0.717, 1.165) is 29.5 Å². The number of aromatic nitrogens is 1. The average molecular weight is 385 g/mol. The summed E-state index contributed by atoms with van der Waals surface area (Å²) in [6.07, 6.45) is 5.77. The summed E-state index contributed by atoms with van der Waals surface area (Å²) in [5, 5.41) is 0.667. The normalized spacial score (nSPS) is 37.5. The maximum absolute atomic E-state index is 12.6. The highest BCUT2D eigenvalue weighted by molar-refractivity contribution is 9.11. The molecule has 0 saturated heterocycles. The summed E-state index contributed by atoms with van der Waals surface area (Å²) in [5.74, 6) is -0.925. The summed E-state index contributed by atoms with van der Waals surface area (Å²) in [5.41, 5.74) is 5.00. The third kappa shape index (κ3) is 1.51. The number of primary amides is 1. The van der Waals surface area contributed by atoms with Crippen LogP contribution in [0.3, 0.4) is 0 Å². The third-order valence-electron chi connectivity index (χ3n) is 6.16. The highest BCUT2D eigenvalue weighted by Crippen LogP contribution is 2.78. The van der Waals surface area contributed by atoms with Crippen molar-refractivity contribution >= 4 is 39.1 Å². The van der Waals surface area contributed by atoms with Gasteiger partial charge in [0.25, 0.3) is 0 Å². The Hall–Kier alpha value is -0.950. The Morgan fingerprint density at radius 3 is 2.68 bits per heavy atom. The quantitative estimate of drug-likeness (QED) is 0.809. The average Bonchev–Trinajstić information content (AvgIpc) is 2.96. The third-order valence-corrected chi connectivity index (χ3v) is 7.79. The number of halogens is 1. The van der Waals surface area contributed by atoms with Gasteiger partial charge < -0.3 is 10.5 Å². The van der Waals surface area contributed by atoms with Gasteiger partial charge in [-0.1, -0.05) is 0 Å². The van der Waals surface area contributed by atoms with E-state index < -0.39 is 17.2 Å². The molecular weight excluding hydrogens is 368 g/mol. The second kappa shape index (κ2) is 4.54. The zero-order valence-electron chi connectivity index (χ0n) is 12.2. The number of carbonyl (C=O) groups is 2. The van der Waals surface area contributed by atoms with Crippen LogP contribution in [0.15, 0.2) is 9.98 Å². The number of amides is 1. The van der Waals surface area contributed by atoms with Crippen molar-refractivity contribution in [1.82, 2.24) is 4.98 Å². The molecule has 2 bridgehead atoms. The van der Waals surface area contributed by atoms with Gasteiger partial charge in [-0.3, -0.25) is 9.59 Å². The van der Waals surface area contributed by atoms with E-state index in [-0.39, 0.29) is 23.2 Å². The molecule has 22 heavy (non-hydrogen) atoms. The molecule has 1 spiro atoms. The predicted molar refractivity (Wildman–Crippen MR) is 84.1 cm³/mol. The van der Waals surface area contributed by atoms with Crippen molar-refractivity contribution in [3.63, 3.8) is 0 Å². The molecule has 3 aliphatic rings. The van der Waals surface area contributed by atoms with E-state index in [0.29, 0.717) is 5.01 Å². The summed E-state index contributed by atoms with van der Waals surface area (Å²) < 4.78 is 5.91. The number of esters is 1. The molecule has 3 aliphatic carbocycles. The fraction of sp³-hybridized carbons (Fsp3) is 0.667. The maximum atomic E-state index is 12.6. The highest BCUT2D eigenvalue weighted by Gasteiger charge is 2.79. The fourth-order valence-electron chi connectivity index (χ4n) is 5.39. The molecule has 1 aromatic heterocycles. The van der Waals surface area contributed by atoms with Gasteiger partial charge in [-0.15, -0.1) is 11.3 Å². The predicted octanol–water partition coefficient (Wildman–Crippen LogP) is 2.24.